The standard InChI is InChI=1S/C30H36N4O6S2/c1-18(2)27-30(39)33-24-17-42-41-13-6-5-11-21(15-25(35)34-27)40-26(36)16-31-28(37)23(32-29(24)38)14-20-10-7-9-19-8-3-4-12-22(19)20/h3-5,7-12,18,21,23-24,27H,6,13-17H2,1-2H3,(H,31,37)(H,32,38)(H,33,39)(H,34,35)/b11-5+/t21?,23-,24+,27+/m0/s1. The number of carbonyl (C=O) groups is 5. The molecule has 10 nitrogen and oxygen atoms in total. The van der Waals surface area contributed by atoms with Gasteiger partial charge in [0.05, 0.1) is 6.42 Å². The smallest absolute Gasteiger partial charge is 0.326 e. The lowest BCUT2D eigenvalue weighted by atomic mass is 9.98. The van der Waals surface area contributed by atoms with Gasteiger partial charge in [-0.1, -0.05) is 84.0 Å². The number of allylic oxidation sites excluding steroid dienone is 1. The summed E-state index contributed by atoms with van der Waals surface area (Å²) in [6.45, 7) is 3.14. The Morgan fingerprint density at radius 1 is 0.905 bits per heavy atom. The van der Waals surface area contributed by atoms with E-state index in [9.17, 15) is 24.0 Å². The van der Waals surface area contributed by atoms with E-state index in [4.69, 9.17) is 4.74 Å². The lowest BCUT2D eigenvalue weighted by Gasteiger charge is -2.27. The fourth-order valence-electron chi connectivity index (χ4n) is 4.75. The number of esters is 1. The Morgan fingerprint density at radius 3 is 2.50 bits per heavy atom. The van der Waals surface area contributed by atoms with E-state index in [1.165, 1.54) is 21.6 Å². The molecule has 0 aliphatic carbocycles. The molecule has 2 aromatic carbocycles. The third-order valence-corrected chi connectivity index (χ3v) is 9.40. The quantitative estimate of drug-likeness (QED) is 0.235. The molecule has 4 atom stereocenters. The predicted molar refractivity (Wildman–Crippen MR) is 164 cm³/mol. The van der Waals surface area contributed by atoms with Crippen LogP contribution in [-0.4, -0.2) is 71.9 Å². The maximum Gasteiger partial charge on any atom is 0.326 e. The molecule has 12 heteroatoms. The molecular formula is C30H36N4O6S2. The van der Waals surface area contributed by atoms with E-state index < -0.39 is 60.4 Å². The van der Waals surface area contributed by atoms with E-state index in [1.54, 1.807) is 19.9 Å². The molecule has 0 radical (unpaired) electrons. The number of benzene rings is 2. The molecule has 2 aliphatic rings. The Kier molecular flexibility index (Phi) is 11.3. The second kappa shape index (κ2) is 15.1. The molecule has 2 aliphatic heterocycles. The van der Waals surface area contributed by atoms with Crippen LogP contribution in [-0.2, 0) is 35.1 Å². The van der Waals surface area contributed by atoms with E-state index in [1.807, 2.05) is 48.5 Å². The molecule has 4 rings (SSSR count). The van der Waals surface area contributed by atoms with Crippen molar-refractivity contribution < 1.29 is 28.7 Å². The van der Waals surface area contributed by atoms with Crippen molar-refractivity contribution in [1.29, 1.82) is 0 Å². The summed E-state index contributed by atoms with van der Waals surface area (Å²) in [5.41, 5.74) is 0.842. The normalized spacial score (nSPS) is 25.9. The van der Waals surface area contributed by atoms with Gasteiger partial charge < -0.3 is 26.0 Å². The topological polar surface area (TPSA) is 143 Å². The van der Waals surface area contributed by atoms with Crippen LogP contribution in [0.2, 0.25) is 0 Å². The monoisotopic (exact) mass is 612 g/mol. The van der Waals surface area contributed by atoms with Crippen LogP contribution < -0.4 is 21.3 Å². The average molecular weight is 613 g/mol. The first-order valence-corrected chi connectivity index (χ1v) is 16.4. The zero-order valence-electron chi connectivity index (χ0n) is 23.6. The molecule has 2 heterocycles. The van der Waals surface area contributed by atoms with Crippen molar-refractivity contribution >= 4 is 62.0 Å². The summed E-state index contributed by atoms with van der Waals surface area (Å²) in [5.74, 6) is -2.14. The predicted octanol–water partition coefficient (Wildman–Crippen LogP) is 2.27. The molecule has 224 valence electrons. The number of nitrogens with one attached hydrogen (secondary N) is 4. The maximum absolute atomic E-state index is 13.7. The minimum absolute atomic E-state index is 0.159. The fraction of sp³-hybridized carbons (Fsp3) is 0.433. The van der Waals surface area contributed by atoms with Crippen LogP contribution in [0.5, 0.6) is 0 Å². The third kappa shape index (κ3) is 8.75. The summed E-state index contributed by atoms with van der Waals surface area (Å²) in [7, 11) is 2.97. The summed E-state index contributed by atoms with van der Waals surface area (Å²) in [4.78, 5) is 66.1. The molecule has 1 saturated heterocycles. The summed E-state index contributed by atoms with van der Waals surface area (Å²) in [6.07, 6.45) is 3.23. The van der Waals surface area contributed by atoms with Gasteiger partial charge in [0.15, 0.2) is 0 Å². The highest BCUT2D eigenvalue weighted by molar-refractivity contribution is 8.76. The van der Waals surface area contributed by atoms with E-state index >= 15 is 0 Å². The van der Waals surface area contributed by atoms with Gasteiger partial charge in [0.1, 0.15) is 30.8 Å². The first kappa shape index (κ1) is 31.4. The molecule has 4 amide bonds. The summed E-state index contributed by atoms with van der Waals surface area (Å²) in [5, 5.41) is 12.9. The number of fused-ring (bicyclic) bond motifs is 8. The number of rotatable bonds is 3. The van der Waals surface area contributed by atoms with E-state index in [0.29, 0.717) is 12.2 Å². The van der Waals surface area contributed by atoms with E-state index in [-0.39, 0.29) is 24.5 Å². The van der Waals surface area contributed by atoms with Gasteiger partial charge in [0.2, 0.25) is 23.6 Å². The molecule has 42 heavy (non-hydrogen) atoms. The van der Waals surface area contributed by atoms with Crippen molar-refractivity contribution in [2.45, 2.75) is 57.3 Å². The molecular weight excluding hydrogens is 576 g/mol. The highest BCUT2D eigenvalue weighted by Gasteiger charge is 2.32. The first-order valence-electron chi connectivity index (χ1n) is 14.0. The van der Waals surface area contributed by atoms with Crippen molar-refractivity contribution in [3.63, 3.8) is 0 Å². The highest BCUT2D eigenvalue weighted by Crippen LogP contribution is 2.24. The molecule has 1 fully saturated rings. The van der Waals surface area contributed by atoms with Gasteiger partial charge in [-0.3, -0.25) is 24.0 Å². The Labute approximate surface area is 252 Å². The summed E-state index contributed by atoms with van der Waals surface area (Å²) < 4.78 is 5.54. The van der Waals surface area contributed by atoms with Gasteiger partial charge in [0.25, 0.3) is 0 Å². The largest absolute Gasteiger partial charge is 0.456 e. The summed E-state index contributed by atoms with van der Waals surface area (Å²) >= 11 is 0. The number of carbonyl (C=O) groups excluding carboxylic acids is 5. The second-order valence-electron chi connectivity index (χ2n) is 10.5. The van der Waals surface area contributed by atoms with Crippen LogP contribution >= 0.6 is 21.6 Å². The SMILES string of the molecule is CC(C)[C@H]1NC(=O)CC2/C=C/CCSSC[C@@H](NC1=O)C(=O)N[C@@H](Cc1cccc3ccccc13)C(=O)NCC(=O)O2. The van der Waals surface area contributed by atoms with Crippen molar-refractivity contribution in [1.82, 2.24) is 21.3 Å². The van der Waals surface area contributed by atoms with Crippen molar-refractivity contribution in [3.05, 3.63) is 60.2 Å². The minimum atomic E-state index is -1.03. The van der Waals surface area contributed by atoms with Gasteiger partial charge in [-0.15, -0.1) is 0 Å². The third-order valence-electron chi connectivity index (χ3n) is 6.95. The second-order valence-corrected chi connectivity index (χ2v) is 13.2. The van der Waals surface area contributed by atoms with Gasteiger partial charge >= 0.3 is 5.97 Å². The molecule has 2 bridgehead atoms. The van der Waals surface area contributed by atoms with Crippen molar-refractivity contribution in [2.75, 3.05) is 18.1 Å². The Bertz CT molecular complexity index is 1340. The molecule has 0 saturated carbocycles. The zero-order valence-corrected chi connectivity index (χ0v) is 25.2. The van der Waals surface area contributed by atoms with E-state index in [2.05, 4.69) is 21.3 Å². The van der Waals surface area contributed by atoms with Gasteiger partial charge in [-0.25, -0.2) is 0 Å². The van der Waals surface area contributed by atoms with Gasteiger partial charge in [0, 0.05) is 17.9 Å². The van der Waals surface area contributed by atoms with Crippen LogP contribution in [0.15, 0.2) is 54.6 Å². The molecule has 1 unspecified atom stereocenters. The van der Waals surface area contributed by atoms with E-state index in [0.717, 1.165) is 16.3 Å². The first-order chi connectivity index (χ1) is 20.2. The number of ether oxygens (including phenoxy) is 1. The maximum atomic E-state index is 13.7. The van der Waals surface area contributed by atoms with Crippen LogP contribution in [0.25, 0.3) is 10.8 Å². The van der Waals surface area contributed by atoms with Crippen LogP contribution in [0.3, 0.4) is 0 Å². The number of hydrogen-bond donors (Lipinski definition) is 4. The summed E-state index contributed by atoms with van der Waals surface area (Å²) in [6, 6.07) is 10.6. The van der Waals surface area contributed by atoms with Gasteiger partial charge in [-0.2, -0.15) is 0 Å². The van der Waals surface area contributed by atoms with Crippen molar-refractivity contribution in [2.24, 2.45) is 5.92 Å². The number of amides is 4. The molecule has 0 spiro atoms. The van der Waals surface area contributed by atoms with Crippen LogP contribution in [0.4, 0.5) is 0 Å². The molecule has 2 aromatic rings. The Morgan fingerprint density at radius 2 is 1.69 bits per heavy atom. The fourth-order valence-corrected chi connectivity index (χ4v) is 6.90. The Hall–Kier alpha value is -3.51. The van der Waals surface area contributed by atoms with Crippen LogP contribution in [0.1, 0.15) is 32.3 Å². The van der Waals surface area contributed by atoms with Crippen LogP contribution in [0, 0.1) is 5.92 Å². The molecule has 4 N–H and O–H groups in total. The molecule has 0 aromatic heterocycles. The zero-order chi connectivity index (χ0) is 30.1. The number of hydrogen-bond acceptors (Lipinski definition) is 8. The van der Waals surface area contributed by atoms with Crippen molar-refractivity contribution in [3.8, 4) is 0 Å². The average Bonchev–Trinajstić information content (AvgIpc) is 2.96. The van der Waals surface area contributed by atoms with Gasteiger partial charge in [-0.05, 0) is 34.8 Å². The Balaban J connectivity index is 1.70. The lowest BCUT2D eigenvalue weighted by Crippen LogP contribution is -2.59. The lowest BCUT2D eigenvalue weighted by molar-refractivity contribution is -0.148. The highest BCUT2D eigenvalue weighted by atomic mass is 33.1. The minimum Gasteiger partial charge on any atom is -0.456 e.